The molecule has 2 amide bonds. The molecule has 0 N–H and O–H groups in total. The molecule has 1 heterocycles. The predicted molar refractivity (Wildman–Crippen MR) is 106 cm³/mol. The van der Waals surface area contributed by atoms with Gasteiger partial charge in [0.15, 0.2) is 6.10 Å². The van der Waals surface area contributed by atoms with E-state index in [1.807, 2.05) is 59.5 Å². The number of hydrogen-bond acceptors (Lipinski definition) is 3. The van der Waals surface area contributed by atoms with E-state index in [1.54, 1.807) is 11.8 Å². The molecular weight excluding hydrogens is 340 g/mol. The third kappa shape index (κ3) is 4.48. The molecule has 1 aliphatic heterocycles. The number of rotatable bonds is 7. The average molecular weight is 366 g/mol. The topological polar surface area (TPSA) is 49.9 Å². The molecule has 2 aromatic carbocycles. The van der Waals surface area contributed by atoms with E-state index < -0.39 is 6.10 Å². The minimum absolute atomic E-state index is 0.0603. The van der Waals surface area contributed by atoms with E-state index in [4.69, 9.17) is 4.74 Å². The molecule has 0 spiro atoms. The summed E-state index contributed by atoms with van der Waals surface area (Å²) < 4.78 is 5.66. The molecule has 1 unspecified atom stereocenters. The highest BCUT2D eigenvalue weighted by Crippen LogP contribution is 2.33. The first kappa shape index (κ1) is 19.0. The van der Waals surface area contributed by atoms with E-state index >= 15 is 0 Å². The third-order valence-corrected chi connectivity index (χ3v) is 4.69. The van der Waals surface area contributed by atoms with Gasteiger partial charge in [-0.2, -0.15) is 0 Å². The Morgan fingerprint density at radius 3 is 2.56 bits per heavy atom. The van der Waals surface area contributed by atoms with Crippen molar-refractivity contribution in [2.45, 2.75) is 39.3 Å². The summed E-state index contributed by atoms with van der Waals surface area (Å²) in [7, 11) is 0. The van der Waals surface area contributed by atoms with Crippen LogP contribution in [0.5, 0.6) is 5.75 Å². The largest absolute Gasteiger partial charge is 0.479 e. The second-order valence-electron chi connectivity index (χ2n) is 6.77. The molecule has 1 aliphatic rings. The summed E-state index contributed by atoms with van der Waals surface area (Å²) in [5.74, 6) is 0.642. The van der Waals surface area contributed by atoms with Gasteiger partial charge in [0, 0.05) is 26.1 Å². The van der Waals surface area contributed by atoms with Gasteiger partial charge in [-0.25, -0.2) is 0 Å². The quantitative estimate of drug-likeness (QED) is 0.752. The molecule has 2 aromatic rings. The zero-order valence-electron chi connectivity index (χ0n) is 15.9. The zero-order valence-corrected chi connectivity index (χ0v) is 15.9. The van der Waals surface area contributed by atoms with Crippen molar-refractivity contribution in [3.8, 4) is 5.75 Å². The van der Waals surface area contributed by atoms with Gasteiger partial charge < -0.3 is 14.5 Å². The monoisotopic (exact) mass is 366 g/mol. The zero-order chi connectivity index (χ0) is 19.2. The summed E-state index contributed by atoms with van der Waals surface area (Å²) in [6.07, 6.45) is 0.653. The molecule has 1 atom stereocenters. The van der Waals surface area contributed by atoms with Crippen LogP contribution in [0.4, 0.5) is 5.69 Å². The first-order valence-corrected chi connectivity index (χ1v) is 9.49. The van der Waals surface area contributed by atoms with Crippen molar-refractivity contribution < 1.29 is 14.3 Å². The lowest BCUT2D eigenvalue weighted by Crippen LogP contribution is -2.46. The van der Waals surface area contributed by atoms with Crippen molar-refractivity contribution >= 4 is 17.5 Å². The number of carbonyl (C=O) groups excluding carboxylic acids is 2. The van der Waals surface area contributed by atoms with Gasteiger partial charge in [0.25, 0.3) is 5.91 Å². The number of benzene rings is 2. The van der Waals surface area contributed by atoms with Crippen LogP contribution in [0.25, 0.3) is 0 Å². The second kappa shape index (κ2) is 8.71. The Kier molecular flexibility index (Phi) is 6.12. The highest BCUT2D eigenvalue weighted by Gasteiger charge is 2.31. The van der Waals surface area contributed by atoms with Crippen molar-refractivity contribution in [1.29, 1.82) is 0 Å². The maximum Gasteiger partial charge on any atom is 0.267 e. The van der Waals surface area contributed by atoms with Gasteiger partial charge >= 0.3 is 0 Å². The van der Waals surface area contributed by atoms with E-state index in [0.717, 1.165) is 17.7 Å². The van der Waals surface area contributed by atoms with Gasteiger partial charge in [0.1, 0.15) is 5.75 Å². The second-order valence-corrected chi connectivity index (χ2v) is 6.77. The Morgan fingerprint density at radius 2 is 1.81 bits per heavy atom. The smallest absolute Gasteiger partial charge is 0.267 e. The van der Waals surface area contributed by atoms with Crippen molar-refractivity contribution in [3.05, 3.63) is 60.2 Å². The summed E-state index contributed by atoms with van der Waals surface area (Å²) >= 11 is 0. The number of para-hydroxylation sites is 2. The predicted octanol–water partition coefficient (Wildman–Crippen LogP) is 3.63. The molecule has 0 saturated heterocycles. The lowest BCUT2D eigenvalue weighted by atomic mass is 10.1. The van der Waals surface area contributed by atoms with Crippen LogP contribution in [-0.4, -0.2) is 35.9 Å². The van der Waals surface area contributed by atoms with Crippen LogP contribution >= 0.6 is 0 Å². The minimum atomic E-state index is -0.536. The number of ether oxygens (including phenoxy) is 1. The molecule has 0 bridgehead atoms. The highest BCUT2D eigenvalue weighted by molar-refractivity contribution is 6.00. The van der Waals surface area contributed by atoms with E-state index in [1.165, 1.54) is 0 Å². The van der Waals surface area contributed by atoms with Crippen molar-refractivity contribution in [3.63, 3.8) is 0 Å². The number of carbonyl (C=O) groups is 2. The fraction of sp³-hybridized carbons (Fsp3) is 0.364. The third-order valence-electron chi connectivity index (χ3n) is 4.69. The molecular formula is C22H26N2O3. The Hall–Kier alpha value is -2.82. The number of nitrogens with zero attached hydrogens (tertiary/aromatic N) is 2. The van der Waals surface area contributed by atoms with Crippen molar-refractivity contribution in [1.82, 2.24) is 4.90 Å². The summed E-state index contributed by atoms with van der Waals surface area (Å²) in [4.78, 5) is 28.9. The lowest BCUT2D eigenvalue weighted by molar-refractivity contribution is -0.131. The Bertz CT molecular complexity index is 791. The van der Waals surface area contributed by atoms with Crippen LogP contribution < -0.4 is 9.64 Å². The van der Waals surface area contributed by atoms with E-state index in [0.29, 0.717) is 31.8 Å². The summed E-state index contributed by atoms with van der Waals surface area (Å²) in [6.45, 7) is 5.47. The maximum absolute atomic E-state index is 12.8. The number of fused-ring (bicyclic) bond motifs is 1. The van der Waals surface area contributed by atoms with Crippen molar-refractivity contribution in [2.75, 3.05) is 18.0 Å². The molecule has 3 rings (SSSR count). The van der Waals surface area contributed by atoms with E-state index in [9.17, 15) is 9.59 Å². The van der Waals surface area contributed by atoms with Gasteiger partial charge in [-0.3, -0.25) is 9.59 Å². The molecule has 0 fully saturated rings. The van der Waals surface area contributed by atoms with Crippen LogP contribution in [0.1, 0.15) is 32.3 Å². The number of hydrogen-bond donors (Lipinski definition) is 0. The summed E-state index contributed by atoms with van der Waals surface area (Å²) in [6, 6.07) is 17.5. The number of anilines is 1. The van der Waals surface area contributed by atoms with Crippen LogP contribution in [0.3, 0.4) is 0 Å². The molecule has 0 aromatic heterocycles. The SMILES string of the molecule is CCCN(Cc1ccccc1)C(=O)CCN1C(=O)C(C)Oc2ccccc21. The van der Waals surface area contributed by atoms with Crippen LogP contribution in [-0.2, 0) is 16.1 Å². The minimum Gasteiger partial charge on any atom is -0.479 e. The van der Waals surface area contributed by atoms with Gasteiger partial charge in [0.2, 0.25) is 5.91 Å². The van der Waals surface area contributed by atoms with Gasteiger partial charge in [-0.15, -0.1) is 0 Å². The van der Waals surface area contributed by atoms with Gasteiger partial charge in [-0.1, -0.05) is 49.4 Å². The average Bonchev–Trinajstić information content (AvgIpc) is 2.68. The fourth-order valence-corrected chi connectivity index (χ4v) is 3.32. The first-order chi connectivity index (χ1) is 13.1. The molecule has 5 heteroatoms. The van der Waals surface area contributed by atoms with E-state index in [2.05, 4.69) is 6.92 Å². The summed E-state index contributed by atoms with van der Waals surface area (Å²) in [5.41, 5.74) is 1.85. The standard InChI is InChI=1S/C22H26N2O3/c1-3-14-23(16-18-9-5-4-6-10-18)21(25)13-15-24-19-11-7-8-12-20(19)27-17(2)22(24)26/h4-12,17H,3,13-16H2,1-2H3. The molecule has 142 valence electrons. The highest BCUT2D eigenvalue weighted by atomic mass is 16.5. The van der Waals surface area contributed by atoms with E-state index in [-0.39, 0.29) is 11.8 Å². The number of amides is 2. The molecule has 0 saturated carbocycles. The maximum atomic E-state index is 12.8. The molecule has 27 heavy (non-hydrogen) atoms. The lowest BCUT2D eigenvalue weighted by Gasteiger charge is -2.33. The first-order valence-electron chi connectivity index (χ1n) is 9.49. The molecule has 5 nitrogen and oxygen atoms in total. The fourth-order valence-electron chi connectivity index (χ4n) is 3.32. The van der Waals surface area contributed by atoms with Crippen LogP contribution in [0.15, 0.2) is 54.6 Å². The van der Waals surface area contributed by atoms with Crippen molar-refractivity contribution in [2.24, 2.45) is 0 Å². The van der Waals surface area contributed by atoms with Crippen LogP contribution in [0, 0.1) is 0 Å². The Labute approximate surface area is 160 Å². The normalized spacial score (nSPS) is 15.9. The van der Waals surface area contributed by atoms with Gasteiger partial charge in [0.05, 0.1) is 5.69 Å². The van der Waals surface area contributed by atoms with Gasteiger partial charge in [-0.05, 0) is 31.0 Å². The molecule has 0 radical (unpaired) electrons. The Morgan fingerprint density at radius 1 is 1.11 bits per heavy atom. The molecule has 0 aliphatic carbocycles. The Balaban J connectivity index is 1.68. The summed E-state index contributed by atoms with van der Waals surface area (Å²) in [5, 5.41) is 0. The van der Waals surface area contributed by atoms with Crippen LogP contribution in [0.2, 0.25) is 0 Å².